The number of nitrogens with one attached hydrogen (secondary N) is 1. The summed E-state index contributed by atoms with van der Waals surface area (Å²) in [7, 11) is 0. The Bertz CT molecular complexity index is 561. The van der Waals surface area contributed by atoms with Gasteiger partial charge in [0.2, 0.25) is 0 Å². The van der Waals surface area contributed by atoms with Gasteiger partial charge in [0.1, 0.15) is 5.69 Å². The number of hydrogen-bond acceptors (Lipinski definition) is 4. The molecule has 0 aliphatic carbocycles. The molecule has 0 aromatic heterocycles. The molecule has 3 rings (SSSR count). The third-order valence-electron chi connectivity index (χ3n) is 4.78. The lowest BCUT2D eigenvalue weighted by Crippen LogP contribution is -2.44. The molecular weight excluding hydrogens is 278 g/mol. The molecule has 1 aromatic carbocycles. The second kappa shape index (κ2) is 4.60. The van der Waals surface area contributed by atoms with Crippen LogP contribution < -0.4 is 10.2 Å². The van der Waals surface area contributed by atoms with Crippen LogP contribution in [0.25, 0.3) is 0 Å². The molecule has 2 aliphatic rings. The Hall–Kier alpha value is -1.33. The second-order valence-corrected chi connectivity index (χ2v) is 6.62. The number of anilines is 1. The highest BCUT2D eigenvalue weighted by molar-refractivity contribution is 6.31. The molecule has 0 radical (unpaired) electrons. The monoisotopic (exact) mass is 295 g/mol. The first-order valence-corrected chi connectivity index (χ1v) is 7.21. The molecule has 2 aliphatic heterocycles. The summed E-state index contributed by atoms with van der Waals surface area (Å²) in [5.74, 6) is 1.06. The molecule has 2 atom stereocenters. The summed E-state index contributed by atoms with van der Waals surface area (Å²) in [6.45, 7) is 7.12. The van der Waals surface area contributed by atoms with Gasteiger partial charge in [-0.25, -0.2) is 0 Å². The molecule has 0 bridgehead atoms. The van der Waals surface area contributed by atoms with Crippen molar-refractivity contribution in [2.24, 2.45) is 11.8 Å². The van der Waals surface area contributed by atoms with Gasteiger partial charge in [-0.2, -0.15) is 0 Å². The van der Waals surface area contributed by atoms with Crippen LogP contribution in [0.1, 0.15) is 13.8 Å². The van der Waals surface area contributed by atoms with E-state index in [1.54, 1.807) is 12.1 Å². The van der Waals surface area contributed by atoms with Gasteiger partial charge in [-0.1, -0.05) is 11.6 Å². The number of rotatable bonds is 2. The second-order valence-electron chi connectivity index (χ2n) is 6.18. The molecule has 6 heteroatoms. The third kappa shape index (κ3) is 1.96. The van der Waals surface area contributed by atoms with Crippen LogP contribution in [0.5, 0.6) is 0 Å². The summed E-state index contributed by atoms with van der Waals surface area (Å²) in [5.41, 5.74) is 0.668. The fourth-order valence-corrected chi connectivity index (χ4v) is 3.86. The fraction of sp³-hybridized carbons (Fsp3) is 0.571. The molecule has 5 nitrogen and oxygen atoms in total. The fourth-order valence-electron chi connectivity index (χ4n) is 3.70. The highest BCUT2D eigenvalue weighted by atomic mass is 35.5. The summed E-state index contributed by atoms with van der Waals surface area (Å²) in [6.07, 6.45) is 0. The van der Waals surface area contributed by atoms with Gasteiger partial charge in [-0.3, -0.25) is 10.1 Å². The Morgan fingerprint density at radius 3 is 2.85 bits per heavy atom. The average Bonchev–Trinajstić information content (AvgIpc) is 2.91. The molecule has 2 fully saturated rings. The average molecular weight is 296 g/mol. The Balaban J connectivity index is 2.05. The van der Waals surface area contributed by atoms with Gasteiger partial charge in [0.25, 0.3) is 5.69 Å². The van der Waals surface area contributed by atoms with Crippen LogP contribution in [0.3, 0.4) is 0 Å². The molecule has 1 N–H and O–H groups in total. The quantitative estimate of drug-likeness (QED) is 0.673. The largest absolute Gasteiger partial charge is 0.360 e. The minimum atomic E-state index is -0.325. The SMILES string of the molecule is CC1(C)C2CNCC2CN1c1cc(Cl)ccc1[N+](=O)[O-]. The van der Waals surface area contributed by atoms with Crippen molar-refractivity contribution >= 4 is 23.0 Å². The number of benzene rings is 1. The minimum absolute atomic E-state index is 0.108. The summed E-state index contributed by atoms with van der Waals surface area (Å²) >= 11 is 6.05. The molecule has 0 amide bonds. The maximum Gasteiger partial charge on any atom is 0.292 e. The van der Waals surface area contributed by atoms with E-state index in [9.17, 15) is 10.1 Å². The van der Waals surface area contributed by atoms with Gasteiger partial charge in [0.05, 0.1) is 4.92 Å². The smallest absolute Gasteiger partial charge is 0.292 e. The standard InChI is InChI=1S/C14H18ClN3O2/c1-14(2)11-7-16-6-9(11)8-17(14)13-5-10(15)3-4-12(13)18(19)20/h3-5,9,11,16H,6-8H2,1-2H3. The zero-order valence-electron chi connectivity index (χ0n) is 11.6. The normalized spacial score (nSPS) is 27.6. The molecule has 0 saturated carbocycles. The molecule has 20 heavy (non-hydrogen) atoms. The topological polar surface area (TPSA) is 58.4 Å². The first kappa shape index (κ1) is 13.6. The van der Waals surface area contributed by atoms with Crippen LogP contribution in [-0.2, 0) is 0 Å². The van der Waals surface area contributed by atoms with E-state index in [-0.39, 0.29) is 16.1 Å². The maximum atomic E-state index is 11.3. The molecule has 2 saturated heterocycles. The van der Waals surface area contributed by atoms with Crippen molar-refractivity contribution in [3.63, 3.8) is 0 Å². The van der Waals surface area contributed by atoms with Crippen LogP contribution in [-0.4, -0.2) is 30.1 Å². The van der Waals surface area contributed by atoms with Crippen LogP contribution in [0.2, 0.25) is 5.02 Å². The van der Waals surface area contributed by atoms with Crippen LogP contribution >= 0.6 is 11.6 Å². The molecule has 1 aromatic rings. The van der Waals surface area contributed by atoms with Gasteiger partial charge in [0.15, 0.2) is 0 Å². The summed E-state index contributed by atoms with van der Waals surface area (Å²) in [4.78, 5) is 13.1. The van der Waals surface area contributed by atoms with Gasteiger partial charge in [-0.05, 0) is 37.8 Å². The van der Waals surface area contributed by atoms with E-state index >= 15 is 0 Å². The van der Waals surface area contributed by atoms with Gasteiger partial charge >= 0.3 is 0 Å². The molecule has 0 spiro atoms. The molecular formula is C14H18ClN3O2. The highest BCUT2D eigenvalue weighted by Crippen LogP contribution is 2.46. The van der Waals surface area contributed by atoms with Gasteiger partial charge < -0.3 is 10.2 Å². The third-order valence-corrected chi connectivity index (χ3v) is 5.02. The van der Waals surface area contributed by atoms with E-state index in [0.717, 1.165) is 19.6 Å². The summed E-state index contributed by atoms with van der Waals surface area (Å²) in [6, 6.07) is 4.80. The lowest BCUT2D eigenvalue weighted by atomic mass is 9.84. The lowest BCUT2D eigenvalue weighted by Gasteiger charge is -2.37. The first-order chi connectivity index (χ1) is 9.41. The van der Waals surface area contributed by atoms with Crippen molar-refractivity contribution in [3.05, 3.63) is 33.3 Å². The van der Waals surface area contributed by atoms with E-state index in [0.29, 0.717) is 22.5 Å². The number of nitrogens with zero attached hydrogens (tertiary/aromatic N) is 2. The number of nitro groups is 1. The zero-order chi connectivity index (χ0) is 14.5. The Morgan fingerprint density at radius 1 is 1.45 bits per heavy atom. The number of fused-ring (bicyclic) bond motifs is 1. The number of nitro benzene ring substituents is 1. The van der Waals surface area contributed by atoms with Crippen LogP contribution in [0.4, 0.5) is 11.4 Å². The molecule has 108 valence electrons. The Kier molecular flexibility index (Phi) is 3.14. The van der Waals surface area contributed by atoms with E-state index in [1.165, 1.54) is 6.07 Å². The van der Waals surface area contributed by atoms with Crippen molar-refractivity contribution in [3.8, 4) is 0 Å². The van der Waals surface area contributed by atoms with E-state index in [2.05, 4.69) is 24.1 Å². The van der Waals surface area contributed by atoms with Crippen molar-refractivity contribution in [2.45, 2.75) is 19.4 Å². The van der Waals surface area contributed by atoms with Crippen LogP contribution in [0.15, 0.2) is 18.2 Å². The van der Waals surface area contributed by atoms with Gasteiger partial charge in [-0.15, -0.1) is 0 Å². The molecule has 2 unspecified atom stereocenters. The van der Waals surface area contributed by atoms with Crippen molar-refractivity contribution in [1.29, 1.82) is 0 Å². The first-order valence-electron chi connectivity index (χ1n) is 6.83. The van der Waals surface area contributed by atoms with E-state index in [4.69, 9.17) is 11.6 Å². The lowest BCUT2D eigenvalue weighted by molar-refractivity contribution is -0.384. The summed E-state index contributed by atoms with van der Waals surface area (Å²) in [5, 5.41) is 15.2. The minimum Gasteiger partial charge on any atom is -0.360 e. The zero-order valence-corrected chi connectivity index (χ0v) is 12.4. The highest BCUT2D eigenvalue weighted by Gasteiger charge is 2.50. The Morgan fingerprint density at radius 2 is 2.20 bits per heavy atom. The number of hydrogen-bond donors (Lipinski definition) is 1. The van der Waals surface area contributed by atoms with E-state index < -0.39 is 0 Å². The van der Waals surface area contributed by atoms with Crippen molar-refractivity contribution in [1.82, 2.24) is 5.32 Å². The molecule has 2 heterocycles. The van der Waals surface area contributed by atoms with Crippen molar-refractivity contribution in [2.75, 3.05) is 24.5 Å². The summed E-state index contributed by atoms with van der Waals surface area (Å²) < 4.78 is 0. The maximum absolute atomic E-state index is 11.3. The van der Waals surface area contributed by atoms with Crippen molar-refractivity contribution < 1.29 is 4.92 Å². The van der Waals surface area contributed by atoms with Gasteiger partial charge in [0, 0.05) is 36.3 Å². The predicted molar refractivity (Wildman–Crippen MR) is 79.4 cm³/mol. The number of halogens is 1. The predicted octanol–water partition coefficient (Wildman–Crippen LogP) is 2.68. The van der Waals surface area contributed by atoms with Crippen LogP contribution in [0, 0.1) is 22.0 Å². The Labute approximate surface area is 123 Å². The van der Waals surface area contributed by atoms with E-state index in [1.807, 2.05) is 0 Å².